The summed E-state index contributed by atoms with van der Waals surface area (Å²) < 4.78 is 5.56. The molecule has 0 radical (unpaired) electrons. The summed E-state index contributed by atoms with van der Waals surface area (Å²) in [6.45, 7) is 6.12. The summed E-state index contributed by atoms with van der Waals surface area (Å²) in [6, 6.07) is 3.53. The molecule has 3 nitrogen and oxygen atoms in total. The number of hydrogen-bond donors (Lipinski definition) is 1. The molecule has 0 saturated heterocycles. The molecular formula is C12H14ClNO2. The summed E-state index contributed by atoms with van der Waals surface area (Å²) in [5.41, 5.74) is 2.33. The number of furan rings is 1. The van der Waals surface area contributed by atoms with Crippen LogP contribution in [0.5, 0.6) is 0 Å². The van der Waals surface area contributed by atoms with Crippen LogP contribution in [0.25, 0.3) is 11.1 Å². The molecule has 0 aliphatic heterocycles. The minimum absolute atomic E-state index is 0.0740. The summed E-state index contributed by atoms with van der Waals surface area (Å²) >= 11 is 5.97. The first-order valence-corrected chi connectivity index (χ1v) is 5.50. The fourth-order valence-corrected chi connectivity index (χ4v) is 1.87. The number of aromatic nitrogens is 1. The van der Waals surface area contributed by atoms with Gasteiger partial charge in [0.2, 0.25) is 0 Å². The van der Waals surface area contributed by atoms with Crippen molar-refractivity contribution in [3.8, 4) is 0 Å². The predicted octanol–water partition coefficient (Wildman–Crippen LogP) is 3.27. The molecule has 0 spiro atoms. The molecule has 0 unspecified atom stereocenters. The van der Waals surface area contributed by atoms with Crippen molar-refractivity contribution < 1.29 is 9.52 Å². The van der Waals surface area contributed by atoms with Crippen LogP contribution in [0.4, 0.5) is 0 Å². The summed E-state index contributed by atoms with van der Waals surface area (Å²) in [5.74, 6) is 0.510. The molecule has 0 aliphatic rings. The molecule has 1 N–H and O–H groups in total. The normalized spacial score (nSPS) is 12.3. The van der Waals surface area contributed by atoms with Crippen molar-refractivity contribution in [2.75, 3.05) is 0 Å². The van der Waals surface area contributed by atoms with E-state index in [1.165, 1.54) is 0 Å². The predicted molar refractivity (Wildman–Crippen MR) is 63.6 cm³/mol. The van der Waals surface area contributed by atoms with E-state index in [2.05, 4.69) is 25.8 Å². The van der Waals surface area contributed by atoms with Gasteiger partial charge in [-0.2, -0.15) is 0 Å². The first-order chi connectivity index (χ1) is 7.41. The van der Waals surface area contributed by atoms with E-state index in [0.717, 1.165) is 5.56 Å². The quantitative estimate of drug-likeness (QED) is 0.777. The molecular weight excluding hydrogens is 226 g/mol. The maximum absolute atomic E-state index is 9.05. The Bertz CT molecular complexity index is 526. The molecule has 0 amide bonds. The van der Waals surface area contributed by atoms with Crippen molar-refractivity contribution in [2.45, 2.75) is 32.8 Å². The molecule has 2 rings (SSSR count). The molecule has 0 fully saturated rings. The third-order valence-electron chi connectivity index (χ3n) is 2.46. The number of halogens is 1. The minimum atomic E-state index is -0.127. The first-order valence-electron chi connectivity index (χ1n) is 5.12. The SMILES string of the molecule is CC(C)(C)c1cc(Cl)nc2cc(CO)oc12. The number of aliphatic hydroxyl groups excluding tert-OH is 1. The third kappa shape index (κ3) is 1.93. The van der Waals surface area contributed by atoms with E-state index in [4.69, 9.17) is 21.1 Å². The van der Waals surface area contributed by atoms with E-state index >= 15 is 0 Å². The highest BCUT2D eigenvalue weighted by Gasteiger charge is 2.21. The molecule has 0 aromatic carbocycles. The second-order valence-electron chi connectivity index (χ2n) is 4.83. The van der Waals surface area contributed by atoms with E-state index in [9.17, 15) is 0 Å². The Morgan fingerprint density at radius 2 is 2.06 bits per heavy atom. The number of fused-ring (bicyclic) bond motifs is 1. The minimum Gasteiger partial charge on any atom is -0.457 e. The first kappa shape index (κ1) is 11.4. The largest absolute Gasteiger partial charge is 0.457 e. The maximum atomic E-state index is 9.05. The van der Waals surface area contributed by atoms with Crippen LogP contribution >= 0.6 is 11.6 Å². The molecule has 0 atom stereocenters. The van der Waals surface area contributed by atoms with Gasteiger partial charge < -0.3 is 9.52 Å². The second-order valence-corrected chi connectivity index (χ2v) is 5.21. The lowest BCUT2D eigenvalue weighted by Gasteiger charge is -2.18. The van der Waals surface area contributed by atoms with E-state index in [-0.39, 0.29) is 12.0 Å². The van der Waals surface area contributed by atoms with E-state index in [0.29, 0.717) is 22.0 Å². The van der Waals surface area contributed by atoms with Crippen LogP contribution in [-0.2, 0) is 12.0 Å². The van der Waals surface area contributed by atoms with E-state index in [1.807, 2.05) is 6.07 Å². The zero-order valence-corrected chi connectivity index (χ0v) is 10.3. The summed E-state index contributed by atoms with van der Waals surface area (Å²) in [5, 5.41) is 9.49. The van der Waals surface area contributed by atoms with Crippen LogP contribution < -0.4 is 0 Å². The van der Waals surface area contributed by atoms with Crippen LogP contribution in [0, 0.1) is 0 Å². The topological polar surface area (TPSA) is 46.3 Å². The Morgan fingerprint density at radius 1 is 1.38 bits per heavy atom. The molecule has 0 aliphatic carbocycles. The Hall–Kier alpha value is -1.06. The van der Waals surface area contributed by atoms with Gasteiger partial charge in [-0.3, -0.25) is 0 Å². The number of aliphatic hydroxyl groups is 1. The molecule has 2 heterocycles. The zero-order valence-electron chi connectivity index (χ0n) is 9.54. The second kappa shape index (κ2) is 3.75. The molecule has 0 bridgehead atoms. The highest BCUT2D eigenvalue weighted by molar-refractivity contribution is 6.29. The monoisotopic (exact) mass is 239 g/mol. The summed E-state index contributed by atoms with van der Waals surface area (Å²) in [7, 11) is 0. The van der Waals surface area contributed by atoms with Crippen LogP contribution in [-0.4, -0.2) is 10.1 Å². The molecule has 0 saturated carbocycles. The Balaban J connectivity index is 2.76. The van der Waals surface area contributed by atoms with E-state index in [1.54, 1.807) is 6.07 Å². The molecule has 2 aromatic heterocycles. The number of nitrogens with zero attached hydrogens (tertiary/aromatic N) is 1. The van der Waals surface area contributed by atoms with Crippen molar-refractivity contribution in [3.63, 3.8) is 0 Å². The van der Waals surface area contributed by atoms with Gasteiger partial charge >= 0.3 is 0 Å². The number of rotatable bonds is 1. The highest BCUT2D eigenvalue weighted by atomic mass is 35.5. The highest BCUT2D eigenvalue weighted by Crippen LogP contribution is 2.32. The van der Waals surface area contributed by atoms with Crippen molar-refractivity contribution in [1.82, 2.24) is 4.98 Å². The van der Waals surface area contributed by atoms with E-state index < -0.39 is 0 Å². The van der Waals surface area contributed by atoms with Gasteiger partial charge in [-0.1, -0.05) is 32.4 Å². The van der Waals surface area contributed by atoms with Crippen LogP contribution in [0.1, 0.15) is 32.1 Å². The Kier molecular flexibility index (Phi) is 2.68. The zero-order chi connectivity index (χ0) is 11.9. The van der Waals surface area contributed by atoms with Gasteiger partial charge in [0.1, 0.15) is 23.0 Å². The fourth-order valence-electron chi connectivity index (χ4n) is 1.67. The summed E-state index contributed by atoms with van der Waals surface area (Å²) in [4.78, 5) is 4.18. The van der Waals surface area contributed by atoms with Gasteiger partial charge in [0.15, 0.2) is 5.58 Å². The Morgan fingerprint density at radius 3 is 2.62 bits per heavy atom. The van der Waals surface area contributed by atoms with Gasteiger partial charge in [0.25, 0.3) is 0 Å². The third-order valence-corrected chi connectivity index (χ3v) is 2.66. The standard InChI is InChI=1S/C12H14ClNO2/c1-12(2,3)8-5-10(13)14-9-4-7(6-15)16-11(8)9/h4-5,15H,6H2,1-3H3. The molecule has 2 aromatic rings. The van der Waals surface area contributed by atoms with Crippen molar-refractivity contribution in [3.05, 3.63) is 28.6 Å². The van der Waals surface area contributed by atoms with Crippen molar-refractivity contribution in [2.24, 2.45) is 0 Å². The fraction of sp³-hybridized carbons (Fsp3) is 0.417. The van der Waals surface area contributed by atoms with Crippen LogP contribution in [0.2, 0.25) is 5.15 Å². The van der Waals surface area contributed by atoms with Crippen LogP contribution in [0.3, 0.4) is 0 Å². The lowest BCUT2D eigenvalue weighted by atomic mass is 9.87. The van der Waals surface area contributed by atoms with Gasteiger partial charge in [0.05, 0.1) is 0 Å². The van der Waals surface area contributed by atoms with Crippen molar-refractivity contribution in [1.29, 1.82) is 0 Å². The van der Waals surface area contributed by atoms with Gasteiger partial charge in [0, 0.05) is 11.6 Å². The summed E-state index contributed by atoms with van der Waals surface area (Å²) in [6.07, 6.45) is 0. The molecule has 16 heavy (non-hydrogen) atoms. The number of pyridine rings is 1. The van der Waals surface area contributed by atoms with Gasteiger partial charge in [-0.15, -0.1) is 0 Å². The van der Waals surface area contributed by atoms with Gasteiger partial charge in [-0.25, -0.2) is 4.98 Å². The lowest BCUT2D eigenvalue weighted by Crippen LogP contribution is -2.11. The van der Waals surface area contributed by atoms with Crippen LogP contribution in [0.15, 0.2) is 16.5 Å². The van der Waals surface area contributed by atoms with Gasteiger partial charge in [-0.05, 0) is 11.5 Å². The average Bonchev–Trinajstić information content (AvgIpc) is 2.57. The molecule has 4 heteroatoms. The smallest absolute Gasteiger partial charge is 0.156 e. The maximum Gasteiger partial charge on any atom is 0.156 e. The lowest BCUT2D eigenvalue weighted by molar-refractivity contribution is 0.250. The average molecular weight is 240 g/mol. The molecule has 86 valence electrons. The van der Waals surface area contributed by atoms with Crippen molar-refractivity contribution >= 4 is 22.7 Å². The number of hydrogen-bond acceptors (Lipinski definition) is 3. The Labute approximate surface area is 99.0 Å².